The van der Waals surface area contributed by atoms with E-state index in [0.29, 0.717) is 17.2 Å². The smallest absolute Gasteiger partial charge is 0.249 e. The van der Waals surface area contributed by atoms with E-state index >= 15 is 0 Å². The second kappa shape index (κ2) is 7.64. The zero-order valence-corrected chi connectivity index (χ0v) is 17.7. The van der Waals surface area contributed by atoms with Crippen molar-refractivity contribution >= 4 is 33.3 Å². The average molecular weight is 439 g/mol. The van der Waals surface area contributed by atoms with Gasteiger partial charge in [0.1, 0.15) is 11.9 Å². The van der Waals surface area contributed by atoms with Crippen LogP contribution in [0.3, 0.4) is 0 Å². The summed E-state index contributed by atoms with van der Waals surface area (Å²) in [5.74, 6) is -0.232. The molecule has 1 aliphatic heterocycles. The van der Waals surface area contributed by atoms with Crippen LogP contribution in [0.15, 0.2) is 53.4 Å². The van der Waals surface area contributed by atoms with Crippen LogP contribution < -0.4 is 15.8 Å². The second-order valence-corrected chi connectivity index (χ2v) is 9.02. The van der Waals surface area contributed by atoms with E-state index in [9.17, 15) is 18.0 Å². The topological polar surface area (TPSA) is 136 Å². The molecule has 0 aliphatic carbocycles. The normalized spacial score (nSPS) is 15.8. The van der Waals surface area contributed by atoms with E-state index in [1.54, 1.807) is 0 Å². The number of hydrogen-bond donors (Lipinski definition) is 3. The molecule has 1 unspecified atom stereocenters. The van der Waals surface area contributed by atoms with Gasteiger partial charge in [0.2, 0.25) is 21.8 Å². The van der Waals surface area contributed by atoms with Crippen LogP contribution in [0.4, 0.5) is 11.5 Å². The quantitative estimate of drug-likeness (QED) is 0.573. The van der Waals surface area contributed by atoms with Crippen LogP contribution >= 0.6 is 0 Å². The third-order valence-corrected chi connectivity index (χ3v) is 6.09. The molecular weight excluding hydrogens is 418 g/mol. The Bertz CT molecular complexity index is 1280. The second-order valence-electron chi connectivity index (χ2n) is 7.46. The number of carbonyl (C=O) groups is 2. The highest BCUT2D eigenvalue weighted by atomic mass is 32.2. The van der Waals surface area contributed by atoms with Crippen LogP contribution in [0.2, 0.25) is 0 Å². The maximum atomic E-state index is 13.0. The Morgan fingerprint density at radius 2 is 1.77 bits per heavy atom. The van der Waals surface area contributed by atoms with Crippen molar-refractivity contribution in [3.63, 3.8) is 0 Å². The number of primary sulfonamides is 1. The van der Waals surface area contributed by atoms with Gasteiger partial charge in [0, 0.05) is 16.8 Å². The molecule has 10 heteroatoms. The Kier molecular flexibility index (Phi) is 5.11. The van der Waals surface area contributed by atoms with E-state index in [-0.39, 0.29) is 17.2 Å². The molecule has 1 atom stereocenters. The van der Waals surface area contributed by atoms with Crippen molar-refractivity contribution in [2.24, 2.45) is 5.14 Å². The molecule has 1 aliphatic rings. The minimum absolute atomic E-state index is 0.0599. The van der Waals surface area contributed by atoms with Gasteiger partial charge in [-0.3, -0.25) is 9.59 Å². The van der Waals surface area contributed by atoms with Crippen molar-refractivity contribution in [2.75, 3.05) is 10.6 Å². The molecule has 1 aromatic heterocycles. The van der Waals surface area contributed by atoms with Crippen molar-refractivity contribution in [1.82, 2.24) is 9.78 Å². The summed E-state index contributed by atoms with van der Waals surface area (Å²) < 4.78 is 24.3. The predicted molar refractivity (Wildman–Crippen MR) is 116 cm³/mol. The first-order chi connectivity index (χ1) is 14.6. The SMILES string of the molecule is Cc1ccc(-c2nn3c(c2C)NC(=O)CC3C(=O)Nc2ccc(S(N)(=O)=O)cc2)cc1. The molecule has 0 fully saturated rings. The van der Waals surface area contributed by atoms with Crippen LogP contribution in [0.5, 0.6) is 0 Å². The van der Waals surface area contributed by atoms with Crippen molar-refractivity contribution in [3.05, 3.63) is 59.7 Å². The molecule has 0 saturated carbocycles. The summed E-state index contributed by atoms with van der Waals surface area (Å²) in [4.78, 5) is 25.2. The van der Waals surface area contributed by atoms with Crippen LogP contribution in [0, 0.1) is 13.8 Å². The summed E-state index contributed by atoms with van der Waals surface area (Å²) in [5.41, 5.74) is 3.84. The molecule has 2 amide bonds. The van der Waals surface area contributed by atoms with Crippen molar-refractivity contribution in [1.29, 1.82) is 0 Å². The van der Waals surface area contributed by atoms with Gasteiger partial charge in [0.15, 0.2) is 0 Å². The summed E-state index contributed by atoms with van der Waals surface area (Å²) >= 11 is 0. The highest BCUT2D eigenvalue weighted by molar-refractivity contribution is 7.89. The molecule has 4 N–H and O–H groups in total. The standard InChI is InChI=1S/C21H21N5O4S/c1-12-3-5-14(6-4-12)19-13(2)20-24-18(27)11-17(26(20)25-19)21(28)23-15-7-9-16(10-8-15)31(22,29)30/h3-10,17H,11H2,1-2H3,(H,23,28)(H,24,27)(H2,22,29,30). The van der Waals surface area contributed by atoms with Gasteiger partial charge in [-0.1, -0.05) is 29.8 Å². The Morgan fingerprint density at radius 1 is 1.13 bits per heavy atom. The first-order valence-electron chi connectivity index (χ1n) is 9.53. The number of carbonyl (C=O) groups excluding carboxylic acids is 2. The summed E-state index contributed by atoms with van der Waals surface area (Å²) in [6.07, 6.45) is -0.0669. The molecule has 160 valence electrons. The Hall–Kier alpha value is -3.50. The number of benzene rings is 2. The number of amides is 2. The average Bonchev–Trinajstić information content (AvgIpc) is 3.04. The fourth-order valence-corrected chi connectivity index (χ4v) is 4.00. The first-order valence-corrected chi connectivity index (χ1v) is 11.1. The summed E-state index contributed by atoms with van der Waals surface area (Å²) in [6, 6.07) is 12.5. The molecule has 2 heterocycles. The Morgan fingerprint density at radius 3 is 2.39 bits per heavy atom. The van der Waals surface area contributed by atoms with E-state index in [1.807, 2.05) is 38.1 Å². The van der Waals surface area contributed by atoms with E-state index in [4.69, 9.17) is 5.14 Å². The lowest BCUT2D eigenvalue weighted by atomic mass is 10.1. The van der Waals surface area contributed by atoms with Gasteiger partial charge < -0.3 is 10.6 Å². The number of nitrogens with two attached hydrogens (primary N) is 1. The summed E-state index contributed by atoms with van der Waals surface area (Å²) in [5, 5.41) is 15.2. The lowest BCUT2D eigenvalue weighted by Crippen LogP contribution is -2.35. The summed E-state index contributed by atoms with van der Waals surface area (Å²) in [7, 11) is -3.83. The van der Waals surface area contributed by atoms with Crippen molar-refractivity contribution in [2.45, 2.75) is 31.2 Å². The van der Waals surface area contributed by atoms with Crippen molar-refractivity contribution in [3.8, 4) is 11.3 Å². The number of nitrogens with one attached hydrogen (secondary N) is 2. The lowest BCUT2D eigenvalue weighted by molar-refractivity contribution is -0.125. The number of fused-ring (bicyclic) bond motifs is 1. The third kappa shape index (κ3) is 4.07. The Labute approximate surface area is 179 Å². The molecule has 9 nitrogen and oxygen atoms in total. The number of nitrogens with zero attached hydrogens (tertiary/aromatic N) is 2. The first kappa shape index (κ1) is 20.8. The zero-order chi connectivity index (χ0) is 22.3. The van der Waals surface area contributed by atoms with Gasteiger partial charge in [-0.15, -0.1) is 0 Å². The molecule has 0 bridgehead atoms. The highest BCUT2D eigenvalue weighted by Gasteiger charge is 2.34. The van der Waals surface area contributed by atoms with Gasteiger partial charge in [-0.2, -0.15) is 5.10 Å². The van der Waals surface area contributed by atoms with Crippen LogP contribution in [0.1, 0.15) is 23.6 Å². The number of rotatable bonds is 4. The number of aryl methyl sites for hydroxylation is 1. The third-order valence-electron chi connectivity index (χ3n) is 5.16. The minimum atomic E-state index is -3.83. The molecule has 2 aromatic carbocycles. The van der Waals surface area contributed by atoms with Crippen LogP contribution in [0.25, 0.3) is 11.3 Å². The number of anilines is 2. The number of sulfonamides is 1. The van der Waals surface area contributed by atoms with Gasteiger partial charge >= 0.3 is 0 Å². The zero-order valence-electron chi connectivity index (χ0n) is 16.9. The largest absolute Gasteiger partial charge is 0.324 e. The number of hydrogen-bond acceptors (Lipinski definition) is 5. The van der Waals surface area contributed by atoms with Gasteiger partial charge in [0.05, 0.1) is 17.0 Å². The monoisotopic (exact) mass is 439 g/mol. The maximum Gasteiger partial charge on any atom is 0.249 e. The fraction of sp³-hybridized carbons (Fsp3) is 0.190. The molecule has 0 spiro atoms. The molecule has 31 heavy (non-hydrogen) atoms. The van der Waals surface area contributed by atoms with Crippen LogP contribution in [-0.4, -0.2) is 30.0 Å². The number of aromatic nitrogens is 2. The summed E-state index contributed by atoms with van der Waals surface area (Å²) in [6.45, 7) is 3.84. The van der Waals surface area contributed by atoms with E-state index in [0.717, 1.165) is 16.7 Å². The molecule has 4 rings (SSSR count). The molecular formula is C21H21N5O4S. The van der Waals surface area contributed by atoms with E-state index in [2.05, 4.69) is 15.7 Å². The minimum Gasteiger partial charge on any atom is -0.324 e. The molecule has 0 radical (unpaired) electrons. The lowest BCUT2D eigenvalue weighted by Gasteiger charge is -2.24. The maximum absolute atomic E-state index is 13.0. The predicted octanol–water partition coefficient (Wildman–Crippen LogP) is 2.34. The molecule has 0 saturated heterocycles. The van der Waals surface area contributed by atoms with Gasteiger partial charge in [-0.05, 0) is 38.1 Å². The molecule has 3 aromatic rings. The fourth-order valence-electron chi connectivity index (χ4n) is 3.48. The van der Waals surface area contributed by atoms with E-state index < -0.39 is 22.0 Å². The van der Waals surface area contributed by atoms with Crippen molar-refractivity contribution < 1.29 is 18.0 Å². The van der Waals surface area contributed by atoms with Gasteiger partial charge in [-0.25, -0.2) is 18.2 Å². The Balaban J connectivity index is 1.64. The van der Waals surface area contributed by atoms with Crippen LogP contribution in [-0.2, 0) is 19.6 Å². The van der Waals surface area contributed by atoms with Gasteiger partial charge in [0.25, 0.3) is 0 Å². The highest BCUT2D eigenvalue weighted by Crippen LogP contribution is 2.34. The van der Waals surface area contributed by atoms with E-state index in [1.165, 1.54) is 28.9 Å².